The fourth-order valence-electron chi connectivity index (χ4n) is 4.64. The molecule has 0 saturated carbocycles. The van der Waals surface area contributed by atoms with Crippen molar-refractivity contribution in [3.63, 3.8) is 0 Å². The summed E-state index contributed by atoms with van der Waals surface area (Å²) in [6.07, 6.45) is 0. The lowest BCUT2D eigenvalue weighted by atomic mass is 9.99. The number of hydrogen-bond acceptors (Lipinski definition) is 4. The second kappa shape index (κ2) is 6.47. The van der Waals surface area contributed by atoms with Gasteiger partial charge in [0.15, 0.2) is 10.9 Å². The predicted molar refractivity (Wildman–Crippen MR) is 126 cm³/mol. The van der Waals surface area contributed by atoms with Crippen LogP contribution >= 0.6 is 0 Å². The first-order valence-electron chi connectivity index (χ1n) is 10.3. The van der Waals surface area contributed by atoms with E-state index in [4.69, 9.17) is 9.72 Å². The quantitative estimate of drug-likeness (QED) is 0.399. The van der Waals surface area contributed by atoms with E-state index in [9.17, 15) is 9.59 Å². The molecule has 0 N–H and O–H groups in total. The highest BCUT2D eigenvalue weighted by molar-refractivity contribution is 6.24. The third kappa shape index (κ3) is 2.39. The second-order valence-corrected chi connectivity index (χ2v) is 7.64. The highest BCUT2D eigenvalue weighted by Gasteiger charge is 2.23. The van der Waals surface area contributed by atoms with Crippen molar-refractivity contribution in [1.82, 2.24) is 4.98 Å². The van der Waals surface area contributed by atoms with Crippen LogP contribution in [0.25, 0.3) is 54.5 Å². The molecule has 0 fully saturated rings. The minimum Gasteiger partial charge on any atom is -0.494 e. The van der Waals surface area contributed by atoms with E-state index in [-0.39, 0.29) is 10.9 Å². The molecule has 6 rings (SSSR count). The Hall–Kier alpha value is -4.05. The molecule has 1 aromatic heterocycles. The van der Waals surface area contributed by atoms with Gasteiger partial charge in [0.25, 0.3) is 0 Å². The number of fused-ring (bicyclic) bond motifs is 6. The Morgan fingerprint density at radius 1 is 0.677 bits per heavy atom. The lowest BCUT2D eigenvalue weighted by Gasteiger charge is -2.08. The molecule has 5 aromatic carbocycles. The molecule has 4 heteroatoms. The van der Waals surface area contributed by atoms with Crippen molar-refractivity contribution in [2.24, 2.45) is 0 Å². The van der Waals surface area contributed by atoms with Gasteiger partial charge in [-0.3, -0.25) is 9.59 Å². The lowest BCUT2D eigenvalue weighted by molar-refractivity contribution is 0.340. The first-order valence-corrected chi connectivity index (χ1v) is 10.3. The predicted octanol–water partition coefficient (Wildman–Crippen LogP) is 5.36. The third-order valence-corrected chi connectivity index (χ3v) is 5.96. The molecule has 6 aromatic rings. The fourth-order valence-corrected chi connectivity index (χ4v) is 4.64. The standard InChI is InChI=1S/C27H17NO3/c1-2-31-16-13-11-15(12-14-16)21-22-24(17-7-3-5-9-19(17)26(22)29)28-25-18-8-4-6-10-20(18)27(30)23(21)25/h3-14H,2H2,1H3. The molecule has 0 radical (unpaired) electrons. The van der Waals surface area contributed by atoms with Gasteiger partial charge in [-0.2, -0.15) is 0 Å². The molecule has 1 heterocycles. The largest absolute Gasteiger partial charge is 0.494 e. The van der Waals surface area contributed by atoms with E-state index in [1.165, 1.54) is 0 Å². The number of benzene rings is 3. The summed E-state index contributed by atoms with van der Waals surface area (Å²) in [4.78, 5) is 31.8. The number of rotatable bonds is 3. The van der Waals surface area contributed by atoms with Crippen molar-refractivity contribution >= 4 is 43.4 Å². The zero-order valence-electron chi connectivity index (χ0n) is 16.8. The van der Waals surface area contributed by atoms with Crippen molar-refractivity contribution in [3.8, 4) is 16.9 Å². The average Bonchev–Trinajstić information content (AvgIpc) is 3.26. The molecular weight excluding hydrogens is 386 g/mol. The van der Waals surface area contributed by atoms with E-state index in [0.717, 1.165) is 22.1 Å². The van der Waals surface area contributed by atoms with Crippen LogP contribution in [0, 0.1) is 0 Å². The summed E-state index contributed by atoms with van der Waals surface area (Å²) in [6.45, 7) is 2.50. The van der Waals surface area contributed by atoms with Gasteiger partial charge in [0.1, 0.15) is 5.75 Å². The monoisotopic (exact) mass is 403 g/mol. The van der Waals surface area contributed by atoms with Gasteiger partial charge in [0, 0.05) is 27.1 Å². The van der Waals surface area contributed by atoms with Gasteiger partial charge >= 0.3 is 0 Å². The minimum atomic E-state index is -0.0893. The Balaban J connectivity index is 1.87. The Kier molecular flexibility index (Phi) is 3.71. The van der Waals surface area contributed by atoms with Gasteiger partial charge in [0.2, 0.25) is 0 Å². The molecule has 0 spiro atoms. The van der Waals surface area contributed by atoms with E-state index < -0.39 is 0 Å². The van der Waals surface area contributed by atoms with Crippen LogP contribution in [-0.2, 0) is 0 Å². The first-order chi connectivity index (χ1) is 15.2. The van der Waals surface area contributed by atoms with Crippen LogP contribution < -0.4 is 15.6 Å². The van der Waals surface area contributed by atoms with E-state index in [0.29, 0.717) is 44.7 Å². The van der Waals surface area contributed by atoms with Gasteiger partial charge in [0.05, 0.1) is 28.4 Å². The van der Waals surface area contributed by atoms with E-state index in [1.807, 2.05) is 79.7 Å². The van der Waals surface area contributed by atoms with Crippen LogP contribution in [0.15, 0.2) is 82.4 Å². The maximum Gasteiger partial charge on any atom is 0.196 e. The van der Waals surface area contributed by atoms with Crippen LogP contribution in [0.5, 0.6) is 5.75 Å². The van der Waals surface area contributed by atoms with E-state index in [2.05, 4.69) is 0 Å². The second-order valence-electron chi connectivity index (χ2n) is 7.64. The molecule has 0 aliphatic rings. The summed E-state index contributed by atoms with van der Waals surface area (Å²) in [6, 6.07) is 22.6. The zero-order valence-corrected chi connectivity index (χ0v) is 16.8. The van der Waals surface area contributed by atoms with Crippen molar-refractivity contribution in [3.05, 3.63) is 93.2 Å². The highest BCUT2D eigenvalue weighted by atomic mass is 16.5. The van der Waals surface area contributed by atoms with Crippen LogP contribution in [0.4, 0.5) is 0 Å². The van der Waals surface area contributed by atoms with Crippen LogP contribution in [0.1, 0.15) is 6.92 Å². The smallest absolute Gasteiger partial charge is 0.196 e. The Morgan fingerprint density at radius 3 is 1.65 bits per heavy atom. The number of ether oxygens (including phenoxy) is 1. The van der Waals surface area contributed by atoms with E-state index in [1.54, 1.807) is 0 Å². The summed E-state index contributed by atoms with van der Waals surface area (Å²) < 4.78 is 5.58. The van der Waals surface area contributed by atoms with Gasteiger partial charge in [-0.05, 0) is 24.6 Å². The molecule has 31 heavy (non-hydrogen) atoms. The number of nitrogens with zero attached hydrogens (tertiary/aromatic N) is 1. The Labute approximate surface area is 177 Å². The maximum atomic E-state index is 13.5. The number of pyridine rings is 1. The highest BCUT2D eigenvalue weighted by Crippen LogP contribution is 2.38. The normalized spacial score (nSPS) is 11.8. The van der Waals surface area contributed by atoms with Crippen molar-refractivity contribution in [1.29, 1.82) is 0 Å². The molecule has 0 aliphatic carbocycles. The molecule has 4 nitrogen and oxygen atoms in total. The third-order valence-electron chi connectivity index (χ3n) is 5.96. The Bertz CT molecular complexity index is 1620. The van der Waals surface area contributed by atoms with Crippen molar-refractivity contribution < 1.29 is 4.74 Å². The number of aromatic nitrogens is 1. The zero-order chi connectivity index (χ0) is 21.1. The summed E-state index contributed by atoms with van der Waals surface area (Å²) in [5.74, 6) is 0.748. The fraction of sp³-hybridized carbons (Fsp3) is 0.0741. The van der Waals surface area contributed by atoms with Gasteiger partial charge in [-0.15, -0.1) is 0 Å². The molecule has 0 amide bonds. The van der Waals surface area contributed by atoms with Gasteiger partial charge in [-0.1, -0.05) is 60.7 Å². The molecular formula is C27H17NO3. The van der Waals surface area contributed by atoms with Crippen molar-refractivity contribution in [2.75, 3.05) is 6.61 Å². The van der Waals surface area contributed by atoms with E-state index >= 15 is 0 Å². The summed E-state index contributed by atoms with van der Waals surface area (Å²) in [5.41, 5.74) is 2.58. The molecule has 0 aliphatic heterocycles. The topological polar surface area (TPSA) is 56.3 Å². The Morgan fingerprint density at radius 2 is 1.16 bits per heavy atom. The molecule has 0 atom stereocenters. The first kappa shape index (κ1) is 17.8. The van der Waals surface area contributed by atoms with Crippen LogP contribution in [-0.4, -0.2) is 11.6 Å². The average molecular weight is 403 g/mol. The summed E-state index contributed by atoms with van der Waals surface area (Å²) >= 11 is 0. The number of hydrogen-bond donors (Lipinski definition) is 0. The molecule has 0 unspecified atom stereocenters. The van der Waals surface area contributed by atoms with Crippen LogP contribution in [0.3, 0.4) is 0 Å². The molecule has 148 valence electrons. The van der Waals surface area contributed by atoms with Gasteiger partial charge in [-0.25, -0.2) is 4.98 Å². The van der Waals surface area contributed by atoms with Crippen molar-refractivity contribution in [2.45, 2.75) is 6.92 Å². The van der Waals surface area contributed by atoms with Gasteiger partial charge < -0.3 is 4.74 Å². The molecule has 0 saturated heterocycles. The maximum absolute atomic E-state index is 13.5. The molecule has 0 bridgehead atoms. The summed E-state index contributed by atoms with van der Waals surface area (Å²) in [5, 5.41) is 3.89. The minimum absolute atomic E-state index is 0.0893. The summed E-state index contributed by atoms with van der Waals surface area (Å²) in [7, 11) is 0. The lowest BCUT2D eigenvalue weighted by Crippen LogP contribution is -2.02. The SMILES string of the molecule is CCOc1ccc(-c2c3c(=O)c4ccccc4c3nc3c2c(=O)c2ccccc23)cc1. The van der Waals surface area contributed by atoms with Crippen LogP contribution in [0.2, 0.25) is 0 Å².